The fraction of sp³-hybridized carbons (Fsp3) is 0.625. The molecule has 0 amide bonds. The van der Waals surface area contributed by atoms with Gasteiger partial charge in [-0.05, 0) is 31.9 Å². The van der Waals surface area contributed by atoms with E-state index in [-0.39, 0.29) is 23.8 Å². The van der Waals surface area contributed by atoms with Crippen molar-refractivity contribution in [1.82, 2.24) is 9.29 Å². The first kappa shape index (κ1) is 23.3. The fourth-order valence-corrected chi connectivity index (χ4v) is 4.43. The number of pyridine rings is 1. The van der Waals surface area contributed by atoms with E-state index in [1.807, 2.05) is 0 Å². The molecule has 2 heterocycles. The maximum Gasteiger partial charge on any atom is 0.490 e. The predicted molar refractivity (Wildman–Crippen MR) is 91.2 cm³/mol. The third-order valence-corrected chi connectivity index (χ3v) is 6.34. The summed E-state index contributed by atoms with van der Waals surface area (Å²) < 4.78 is 82.9. The molecule has 164 valence electrons. The Morgan fingerprint density at radius 2 is 2.07 bits per heavy atom. The SMILES string of the molecule is CCS(=O)(=O)N1CCOC2CCC1C2Oc1ncccc1F.O=C(O)C(F)(F)F. The Hall–Kier alpha value is -1.99. The zero-order valence-electron chi connectivity index (χ0n) is 15.3. The number of alkyl halides is 3. The van der Waals surface area contributed by atoms with Crippen LogP contribution in [0.2, 0.25) is 0 Å². The third kappa shape index (κ3) is 5.76. The molecule has 1 saturated carbocycles. The van der Waals surface area contributed by atoms with Crippen LogP contribution in [0.5, 0.6) is 5.88 Å². The predicted octanol–water partition coefficient (Wildman–Crippen LogP) is 1.81. The normalized spacial score (nSPS) is 24.9. The third-order valence-electron chi connectivity index (χ3n) is 4.44. The number of carboxylic acid groups (broad SMARTS) is 1. The lowest BCUT2D eigenvalue weighted by Crippen LogP contribution is -2.48. The zero-order valence-corrected chi connectivity index (χ0v) is 16.1. The van der Waals surface area contributed by atoms with E-state index in [9.17, 15) is 26.0 Å². The second-order valence-electron chi connectivity index (χ2n) is 6.24. The molecule has 1 aromatic heterocycles. The van der Waals surface area contributed by atoms with Crippen molar-refractivity contribution >= 4 is 16.0 Å². The molecule has 2 fully saturated rings. The highest BCUT2D eigenvalue weighted by molar-refractivity contribution is 7.89. The van der Waals surface area contributed by atoms with Crippen LogP contribution in [0, 0.1) is 5.82 Å². The van der Waals surface area contributed by atoms with E-state index in [0.29, 0.717) is 26.0 Å². The van der Waals surface area contributed by atoms with Crippen molar-refractivity contribution in [1.29, 1.82) is 0 Å². The van der Waals surface area contributed by atoms with Gasteiger partial charge in [0, 0.05) is 12.7 Å². The number of ether oxygens (including phenoxy) is 2. The van der Waals surface area contributed by atoms with Gasteiger partial charge in [-0.3, -0.25) is 0 Å². The minimum Gasteiger partial charge on any atom is -0.475 e. The number of halogens is 4. The summed E-state index contributed by atoms with van der Waals surface area (Å²) in [7, 11) is -3.36. The van der Waals surface area contributed by atoms with Crippen LogP contribution >= 0.6 is 0 Å². The first-order chi connectivity index (χ1) is 13.5. The molecule has 3 rings (SSSR count). The number of aromatic nitrogens is 1. The number of carboxylic acids is 1. The van der Waals surface area contributed by atoms with E-state index in [0.717, 1.165) is 0 Å². The monoisotopic (exact) mass is 444 g/mol. The molecule has 1 saturated heterocycles. The number of hydrogen-bond donors (Lipinski definition) is 1. The summed E-state index contributed by atoms with van der Waals surface area (Å²) in [6.07, 6.45) is -3.07. The van der Waals surface area contributed by atoms with Crippen molar-refractivity contribution in [2.24, 2.45) is 0 Å². The second-order valence-corrected chi connectivity index (χ2v) is 8.45. The quantitative estimate of drug-likeness (QED) is 0.706. The molecule has 3 atom stereocenters. The minimum absolute atomic E-state index is 0.0266. The van der Waals surface area contributed by atoms with E-state index < -0.39 is 34.1 Å². The molecule has 1 aliphatic heterocycles. The van der Waals surface area contributed by atoms with Crippen LogP contribution in [0.1, 0.15) is 19.8 Å². The van der Waals surface area contributed by atoms with Gasteiger partial charge in [0.05, 0.1) is 24.5 Å². The van der Waals surface area contributed by atoms with Crippen LogP contribution in [-0.2, 0) is 19.6 Å². The Morgan fingerprint density at radius 1 is 1.41 bits per heavy atom. The molecule has 0 aromatic carbocycles. The Morgan fingerprint density at radius 3 is 2.62 bits per heavy atom. The number of nitrogens with zero attached hydrogens (tertiary/aromatic N) is 2. The van der Waals surface area contributed by atoms with E-state index in [2.05, 4.69) is 4.98 Å². The zero-order chi connectivity index (χ0) is 21.8. The topological polar surface area (TPSA) is 106 Å². The molecule has 8 nitrogen and oxygen atoms in total. The van der Waals surface area contributed by atoms with Crippen LogP contribution in [0.4, 0.5) is 17.6 Å². The minimum atomic E-state index is -5.08. The first-order valence-electron chi connectivity index (χ1n) is 8.65. The van der Waals surface area contributed by atoms with Crippen LogP contribution in [-0.4, -0.2) is 72.1 Å². The van der Waals surface area contributed by atoms with Crippen molar-refractivity contribution in [2.75, 3.05) is 18.9 Å². The van der Waals surface area contributed by atoms with Gasteiger partial charge in [-0.25, -0.2) is 22.6 Å². The van der Waals surface area contributed by atoms with Crippen LogP contribution in [0.3, 0.4) is 0 Å². The fourth-order valence-electron chi connectivity index (χ4n) is 3.11. The molecule has 13 heteroatoms. The summed E-state index contributed by atoms with van der Waals surface area (Å²) in [5, 5.41) is 7.12. The summed E-state index contributed by atoms with van der Waals surface area (Å²) in [5.41, 5.74) is 0. The number of fused-ring (bicyclic) bond motifs is 2. The number of carbonyl (C=O) groups is 1. The number of rotatable bonds is 4. The van der Waals surface area contributed by atoms with Gasteiger partial charge in [-0.2, -0.15) is 17.5 Å². The lowest BCUT2D eigenvalue weighted by molar-refractivity contribution is -0.192. The first-order valence-corrected chi connectivity index (χ1v) is 10.3. The van der Waals surface area contributed by atoms with Crippen molar-refractivity contribution < 1.29 is 45.4 Å². The molecular weight excluding hydrogens is 424 g/mol. The van der Waals surface area contributed by atoms with Crippen molar-refractivity contribution in [3.8, 4) is 5.88 Å². The van der Waals surface area contributed by atoms with E-state index in [1.54, 1.807) is 6.92 Å². The standard InChI is InChI=1S/C14H19FN2O4S.C2HF3O2/c1-2-22(18,19)17-8-9-20-12-6-5-11(17)13(12)21-14-10(15)4-3-7-16-14;3-2(4,5)1(6)7/h3-4,7,11-13H,2,5-6,8-9H2,1H3;(H,6,7). The molecule has 3 unspecified atom stereocenters. The highest BCUT2D eigenvalue weighted by Gasteiger charge is 2.47. The van der Waals surface area contributed by atoms with Crippen LogP contribution < -0.4 is 4.74 Å². The average molecular weight is 444 g/mol. The number of sulfonamides is 1. The number of aliphatic carboxylic acids is 1. The largest absolute Gasteiger partial charge is 0.490 e. The lowest BCUT2D eigenvalue weighted by Gasteiger charge is -2.30. The lowest BCUT2D eigenvalue weighted by atomic mass is 10.2. The Bertz CT molecular complexity index is 820. The Balaban J connectivity index is 0.000000370. The van der Waals surface area contributed by atoms with Gasteiger partial charge in [0.2, 0.25) is 10.0 Å². The molecule has 0 radical (unpaired) electrons. The van der Waals surface area contributed by atoms with Gasteiger partial charge in [-0.15, -0.1) is 0 Å². The summed E-state index contributed by atoms with van der Waals surface area (Å²) in [6.45, 7) is 2.24. The molecule has 1 N–H and O–H groups in total. The molecule has 0 spiro atoms. The van der Waals surface area contributed by atoms with E-state index in [1.165, 1.54) is 22.6 Å². The smallest absolute Gasteiger partial charge is 0.475 e. The van der Waals surface area contributed by atoms with Gasteiger partial charge < -0.3 is 14.6 Å². The average Bonchev–Trinajstić information content (AvgIpc) is 2.91. The molecule has 1 aromatic rings. The molecule has 1 aliphatic carbocycles. The van der Waals surface area contributed by atoms with Gasteiger partial charge in [0.15, 0.2) is 5.82 Å². The molecule has 2 bridgehead atoms. The van der Waals surface area contributed by atoms with Crippen molar-refractivity contribution in [3.05, 3.63) is 24.1 Å². The maximum absolute atomic E-state index is 13.8. The summed E-state index contributed by atoms with van der Waals surface area (Å²) in [5.74, 6) is -3.40. The molecule has 29 heavy (non-hydrogen) atoms. The van der Waals surface area contributed by atoms with Gasteiger partial charge in [-0.1, -0.05) is 0 Å². The number of hydrogen-bond acceptors (Lipinski definition) is 6. The van der Waals surface area contributed by atoms with Gasteiger partial charge in [0.1, 0.15) is 6.10 Å². The Labute approximate surface area is 164 Å². The van der Waals surface area contributed by atoms with E-state index >= 15 is 0 Å². The van der Waals surface area contributed by atoms with Crippen LogP contribution in [0.25, 0.3) is 0 Å². The highest BCUT2D eigenvalue weighted by Crippen LogP contribution is 2.34. The van der Waals surface area contributed by atoms with Crippen molar-refractivity contribution in [3.63, 3.8) is 0 Å². The summed E-state index contributed by atoms with van der Waals surface area (Å²) in [6, 6.07) is 2.41. The summed E-state index contributed by atoms with van der Waals surface area (Å²) in [4.78, 5) is 12.8. The second kappa shape index (κ2) is 9.22. The Kier molecular flexibility index (Phi) is 7.40. The molecule has 2 aliphatic rings. The van der Waals surface area contributed by atoms with E-state index in [4.69, 9.17) is 19.4 Å². The molecular formula is C16H20F4N2O6S. The highest BCUT2D eigenvalue weighted by atomic mass is 32.2. The van der Waals surface area contributed by atoms with Gasteiger partial charge >= 0.3 is 12.1 Å². The maximum atomic E-state index is 13.8. The summed E-state index contributed by atoms with van der Waals surface area (Å²) >= 11 is 0. The van der Waals surface area contributed by atoms with Crippen LogP contribution in [0.15, 0.2) is 18.3 Å². The van der Waals surface area contributed by atoms with Gasteiger partial charge in [0.25, 0.3) is 5.88 Å². The van der Waals surface area contributed by atoms with Crippen molar-refractivity contribution in [2.45, 2.75) is 44.2 Å².